The van der Waals surface area contributed by atoms with Crippen LogP contribution in [0.15, 0.2) is 0 Å². The van der Waals surface area contributed by atoms with E-state index in [0.717, 1.165) is 19.5 Å². The number of rotatable bonds is 1. The minimum Gasteiger partial charge on any atom is -0.444 e. The van der Waals surface area contributed by atoms with Gasteiger partial charge in [0, 0.05) is 6.04 Å². The van der Waals surface area contributed by atoms with E-state index in [1.54, 1.807) is 0 Å². The minimum absolute atomic E-state index is 0.237. The Bertz CT molecular complexity index is 223. The molecular formula is C11H22N2O2. The van der Waals surface area contributed by atoms with Crippen molar-refractivity contribution in [2.75, 3.05) is 13.1 Å². The van der Waals surface area contributed by atoms with Gasteiger partial charge in [0.15, 0.2) is 0 Å². The summed E-state index contributed by atoms with van der Waals surface area (Å²) in [4.78, 5) is 11.5. The number of carbonyl (C=O) groups excluding carboxylic acids is 1. The van der Waals surface area contributed by atoms with E-state index in [1.807, 2.05) is 20.8 Å². The standard InChI is InChI=1S/C11H22N2O2/c1-8-7-12-6-5-9(8)13-10(14)15-11(2,3)4/h8-9,12H,5-7H2,1-4H3,(H,13,14)/t8-,9+/m0/s1. The van der Waals surface area contributed by atoms with Gasteiger partial charge >= 0.3 is 6.09 Å². The summed E-state index contributed by atoms with van der Waals surface area (Å²) in [5.74, 6) is 0.464. The second kappa shape index (κ2) is 4.84. The highest BCUT2D eigenvalue weighted by atomic mass is 16.6. The monoisotopic (exact) mass is 214 g/mol. The van der Waals surface area contributed by atoms with Gasteiger partial charge in [-0.1, -0.05) is 6.92 Å². The van der Waals surface area contributed by atoms with Crippen LogP contribution in [0.25, 0.3) is 0 Å². The van der Waals surface area contributed by atoms with Crippen molar-refractivity contribution >= 4 is 6.09 Å². The second-order valence-electron chi connectivity index (χ2n) is 5.22. The van der Waals surface area contributed by atoms with E-state index in [2.05, 4.69) is 17.6 Å². The summed E-state index contributed by atoms with van der Waals surface area (Å²) in [6, 6.07) is 0.237. The number of ether oxygens (including phenoxy) is 1. The normalized spacial score (nSPS) is 27.2. The zero-order valence-electron chi connectivity index (χ0n) is 10.1. The first-order valence-corrected chi connectivity index (χ1v) is 5.59. The van der Waals surface area contributed by atoms with Crippen LogP contribution in [0.4, 0.5) is 4.79 Å². The fourth-order valence-electron chi connectivity index (χ4n) is 1.69. The van der Waals surface area contributed by atoms with Gasteiger partial charge in [0.2, 0.25) is 0 Å². The number of alkyl carbamates (subject to hydrolysis) is 1. The highest BCUT2D eigenvalue weighted by Crippen LogP contribution is 2.12. The van der Waals surface area contributed by atoms with E-state index in [0.29, 0.717) is 5.92 Å². The molecule has 1 aliphatic heterocycles. The van der Waals surface area contributed by atoms with E-state index < -0.39 is 5.60 Å². The van der Waals surface area contributed by atoms with Crippen molar-refractivity contribution in [1.29, 1.82) is 0 Å². The predicted molar refractivity (Wildman–Crippen MR) is 59.8 cm³/mol. The topological polar surface area (TPSA) is 50.4 Å². The molecule has 4 heteroatoms. The summed E-state index contributed by atoms with van der Waals surface area (Å²) < 4.78 is 5.22. The number of nitrogens with one attached hydrogen (secondary N) is 2. The van der Waals surface area contributed by atoms with Crippen molar-refractivity contribution in [3.8, 4) is 0 Å². The molecule has 0 radical (unpaired) electrons. The highest BCUT2D eigenvalue weighted by Gasteiger charge is 2.25. The molecule has 2 atom stereocenters. The number of hydrogen-bond donors (Lipinski definition) is 2. The van der Waals surface area contributed by atoms with E-state index in [1.165, 1.54) is 0 Å². The van der Waals surface area contributed by atoms with Crippen LogP contribution in [0, 0.1) is 5.92 Å². The maximum atomic E-state index is 11.5. The molecule has 0 aromatic carbocycles. The number of carbonyl (C=O) groups is 1. The Morgan fingerprint density at radius 3 is 2.67 bits per heavy atom. The molecule has 1 rings (SSSR count). The van der Waals surface area contributed by atoms with Gasteiger partial charge in [0.25, 0.3) is 0 Å². The molecule has 1 aliphatic rings. The molecule has 0 spiro atoms. The van der Waals surface area contributed by atoms with Crippen molar-refractivity contribution in [3.05, 3.63) is 0 Å². The lowest BCUT2D eigenvalue weighted by molar-refractivity contribution is 0.0477. The molecule has 1 heterocycles. The third kappa shape index (κ3) is 4.51. The van der Waals surface area contributed by atoms with Gasteiger partial charge in [0.1, 0.15) is 5.60 Å². The van der Waals surface area contributed by atoms with Crippen molar-refractivity contribution in [1.82, 2.24) is 10.6 Å². The Hall–Kier alpha value is -0.770. The molecule has 15 heavy (non-hydrogen) atoms. The Labute approximate surface area is 91.8 Å². The fourth-order valence-corrected chi connectivity index (χ4v) is 1.69. The maximum absolute atomic E-state index is 11.5. The third-order valence-electron chi connectivity index (χ3n) is 2.49. The Balaban J connectivity index is 2.36. The maximum Gasteiger partial charge on any atom is 0.407 e. The summed E-state index contributed by atoms with van der Waals surface area (Å²) >= 11 is 0. The molecule has 0 bridgehead atoms. The summed E-state index contributed by atoms with van der Waals surface area (Å²) in [7, 11) is 0. The molecule has 1 amide bonds. The molecule has 0 aromatic rings. The van der Waals surface area contributed by atoms with Crippen LogP contribution in [0.1, 0.15) is 34.1 Å². The molecule has 1 fully saturated rings. The van der Waals surface area contributed by atoms with Crippen LogP contribution in [-0.2, 0) is 4.74 Å². The minimum atomic E-state index is -0.416. The molecule has 1 saturated heterocycles. The van der Waals surface area contributed by atoms with Gasteiger partial charge in [0.05, 0.1) is 0 Å². The van der Waals surface area contributed by atoms with Gasteiger partial charge in [-0.15, -0.1) is 0 Å². The van der Waals surface area contributed by atoms with E-state index in [-0.39, 0.29) is 12.1 Å². The highest BCUT2D eigenvalue weighted by molar-refractivity contribution is 5.68. The van der Waals surface area contributed by atoms with E-state index in [4.69, 9.17) is 4.74 Å². The van der Waals surface area contributed by atoms with E-state index in [9.17, 15) is 4.79 Å². The first-order valence-electron chi connectivity index (χ1n) is 5.59. The van der Waals surface area contributed by atoms with Crippen molar-refractivity contribution in [3.63, 3.8) is 0 Å². The molecule has 0 aliphatic carbocycles. The Kier molecular flexibility index (Phi) is 3.97. The molecular weight excluding hydrogens is 192 g/mol. The van der Waals surface area contributed by atoms with Gasteiger partial charge in [-0.25, -0.2) is 4.79 Å². The number of hydrogen-bond acceptors (Lipinski definition) is 3. The molecule has 0 aromatic heterocycles. The summed E-state index contributed by atoms with van der Waals surface area (Å²) in [5.41, 5.74) is -0.416. The van der Waals surface area contributed by atoms with Crippen LogP contribution in [0.5, 0.6) is 0 Å². The molecule has 0 unspecified atom stereocenters. The first kappa shape index (κ1) is 12.3. The first-order chi connectivity index (χ1) is 6.88. The van der Waals surface area contributed by atoms with Gasteiger partial charge in [-0.05, 0) is 46.2 Å². The third-order valence-corrected chi connectivity index (χ3v) is 2.49. The van der Waals surface area contributed by atoms with E-state index >= 15 is 0 Å². The number of piperidine rings is 1. The van der Waals surface area contributed by atoms with Gasteiger partial charge in [-0.3, -0.25) is 0 Å². The van der Waals surface area contributed by atoms with Crippen molar-refractivity contribution in [2.24, 2.45) is 5.92 Å². The smallest absolute Gasteiger partial charge is 0.407 e. The summed E-state index contributed by atoms with van der Waals surface area (Å²) in [6.07, 6.45) is 0.668. The van der Waals surface area contributed by atoms with Gasteiger partial charge < -0.3 is 15.4 Å². The Morgan fingerprint density at radius 1 is 1.47 bits per heavy atom. The lowest BCUT2D eigenvalue weighted by Crippen LogP contribution is -2.49. The fraction of sp³-hybridized carbons (Fsp3) is 0.909. The zero-order valence-corrected chi connectivity index (χ0v) is 10.1. The lowest BCUT2D eigenvalue weighted by Gasteiger charge is -2.31. The average molecular weight is 214 g/mol. The van der Waals surface area contributed by atoms with Crippen LogP contribution in [0.3, 0.4) is 0 Å². The van der Waals surface area contributed by atoms with Gasteiger partial charge in [-0.2, -0.15) is 0 Å². The largest absolute Gasteiger partial charge is 0.444 e. The van der Waals surface area contributed by atoms with Crippen LogP contribution in [0.2, 0.25) is 0 Å². The number of amides is 1. The zero-order chi connectivity index (χ0) is 11.5. The van der Waals surface area contributed by atoms with Crippen LogP contribution >= 0.6 is 0 Å². The SMILES string of the molecule is C[C@H]1CNCC[C@H]1NC(=O)OC(C)(C)C. The summed E-state index contributed by atoms with van der Waals surface area (Å²) in [5, 5.41) is 6.22. The molecule has 0 saturated carbocycles. The molecule has 88 valence electrons. The summed E-state index contributed by atoms with van der Waals surface area (Å²) in [6.45, 7) is 9.68. The molecule has 2 N–H and O–H groups in total. The lowest BCUT2D eigenvalue weighted by atomic mass is 9.96. The quantitative estimate of drug-likeness (QED) is 0.695. The molecule has 4 nitrogen and oxygen atoms in total. The van der Waals surface area contributed by atoms with Crippen molar-refractivity contribution in [2.45, 2.75) is 45.8 Å². The Morgan fingerprint density at radius 2 is 2.13 bits per heavy atom. The van der Waals surface area contributed by atoms with Crippen LogP contribution < -0.4 is 10.6 Å². The average Bonchev–Trinajstić information content (AvgIpc) is 2.05. The van der Waals surface area contributed by atoms with Crippen molar-refractivity contribution < 1.29 is 9.53 Å². The predicted octanol–water partition coefficient (Wildman–Crippen LogP) is 1.51. The second-order valence-corrected chi connectivity index (χ2v) is 5.22. The van der Waals surface area contributed by atoms with Crippen LogP contribution in [-0.4, -0.2) is 30.8 Å².